The molecule has 0 aromatic heterocycles. The predicted octanol–water partition coefficient (Wildman–Crippen LogP) is 1.79. The molecule has 1 heterocycles. The lowest BCUT2D eigenvalue weighted by Crippen LogP contribution is -2.50. The van der Waals surface area contributed by atoms with Gasteiger partial charge >= 0.3 is 0 Å². The average Bonchev–Trinajstić information content (AvgIpc) is 2.25. The van der Waals surface area contributed by atoms with Crippen molar-refractivity contribution in [2.45, 2.75) is 12.5 Å². The Morgan fingerprint density at radius 1 is 1.40 bits per heavy atom. The third kappa shape index (κ3) is 2.94. The Balaban J connectivity index is 1.98. The smallest absolute Gasteiger partial charge is 0.0406 e. The van der Waals surface area contributed by atoms with Crippen LogP contribution in [0.1, 0.15) is 5.56 Å². The van der Waals surface area contributed by atoms with Crippen molar-refractivity contribution in [3.8, 4) is 0 Å². The van der Waals surface area contributed by atoms with E-state index in [4.69, 9.17) is 11.6 Å². The average molecular weight is 225 g/mol. The van der Waals surface area contributed by atoms with Gasteiger partial charge in [0.2, 0.25) is 0 Å². The van der Waals surface area contributed by atoms with Crippen LogP contribution < -0.4 is 5.32 Å². The van der Waals surface area contributed by atoms with Crippen LogP contribution in [0.3, 0.4) is 0 Å². The number of nitrogens with one attached hydrogen (secondary N) is 1. The Morgan fingerprint density at radius 3 is 2.80 bits per heavy atom. The second-order valence-corrected chi connectivity index (χ2v) is 4.61. The van der Waals surface area contributed by atoms with Crippen molar-refractivity contribution in [3.63, 3.8) is 0 Å². The summed E-state index contributed by atoms with van der Waals surface area (Å²) >= 11 is 5.86. The molecule has 0 bridgehead atoms. The molecule has 15 heavy (non-hydrogen) atoms. The maximum atomic E-state index is 5.86. The van der Waals surface area contributed by atoms with Crippen molar-refractivity contribution in [3.05, 3.63) is 34.9 Å². The Morgan fingerprint density at radius 2 is 2.13 bits per heavy atom. The van der Waals surface area contributed by atoms with Gasteiger partial charge in [-0.3, -0.25) is 0 Å². The van der Waals surface area contributed by atoms with E-state index in [-0.39, 0.29) is 0 Å². The Labute approximate surface area is 96.2 Å². The van der Waals surface area contributed by atoms with Gasteiger partial charge in [0.05, 0.1) is 0 Å². The lowest BCUT2D eigenvalue weighted by Gasteiger charge is -2.33. The summed E-state index contributed by atoms with van der Waals surface area (Å²) in [6.07, 6.45) is 1.10. The van der Waals surface area contributed by atoms with E-state index in [0.29, 0.717) is 6.04 Å². The van der Waals surface area contributed by atoms with E-state index >= 15 is 0 Å². The second kappa shape index (κ2) is 4.97. The van der Waals surface area contributed by atoms with Gasteiger partial charge in [-0.25, -0.2) is 0 Å². The number of hydrogen-bond donors (Lipinski definition) is 1. The Kier molecular flexibility index (Phi) is 3.62. The molecular formula is C12H17ClN2. The maximum absolute atomic E-state index is 5.86. The summed E-state index contributed by atoms with van der Waals surface area (Å²) in [6, 6.07) is 8.77. The summed E-state index contributed by atoms with van der Waals surface area (Å²) in [5.41, 5.74) is 1.36. The molecule has 1 aromatic carbocycles. The SMILES string of the molecule is CN1CCNCC1Cc1ccc(Cl)cc1. The van der Waals surface area contributed by atoms with E-state index in [1.807, 2.05) is 12.1 Å². The second-order valence-electron chi connectivity index (χ2n) is 4.17. The molecule has 2 nitrogen and oxygen atoms in total. The molecule has 1 aliphatic heterocycles. The van der Waals surface area contributed by atoms with Gasteiger partial charge in [0.25, 0.3) is 0 Å². The summed E-state index contributed by atoms with van der Waals surface area (Å²) in [6.45, 7) is 3.32. The van der Waals surface area contributed by atoms with Crippen molar-refractivity contribution in [2.75, 3.05) is 26.7 Å². The molecule has 0 radical (unpaired) electrons. The molecule has 0 spiro atoms. The summed E-state index contributed by atoms with van der Waals surface area (Å²) in [5.74, 6) is 0. The highest BCUT2D eigenvalue weighted by Gasteiger charge is 2.18. The van der Waals surface area contributed by atoms with Crippen molar-refractivity contribution in [1.29, 1.82) is 0 Å². The molecule has 1 atom stereocenters. The van der Waals surface area contributed by atoms with E-state index in [1.54, 1.807) is 0 Å². The number of nitrogens with zero attached hydrogens (tertiary/aromatic N) is 1. The third-order valence-corrected chi connectivity index (χ3v) is 3.28. The number of piperazine rings is 1. The maximum Gasteiger partial charge on any atom is 0.0406 e. The summed E-state index contributed by atoms with van der Waals surface area (Å²) in [5, 5.41) is 4.24. The Hall–Kier alpha value is -0.570. The van der Waals surface area contributed by atoms with Crippen LogP contribution in [0.2, 0.25) is 5.02 Å². The minimum Gasteiger partial charge on any atom is -0.314 e. The van der Waals surface area contributed by atoms with Crippen LogP contribution >= 0.6 is 11.6 Å². The quantitative estimate of drug-likeness (QED) is 0.824. The summed E-state index contributed by atoms with van der Waals surface area (Å²) in [4.78, 5) is 2.42. The van der Waals surface area contributed by atoms with Crippen LogP contribution in [-0.4, -0.2) is 37.6 Å². The normalized spacial score (nSPS) is 22.9. The van der Waals surface area contributed by atoms with E-state index < -0.39 is 0 Å². The van der Waals surface area contributed by atoms with Crippen molar-refractivity contribution in [2.24, 2.45) is 0 Å². The first-order valence-electron chi connectivity index (χ1n) is 5.41. The zero-order chi connectivity index (χ0) is 10.7. The van der Waals surface area contributed by atoms with E-state index in [0.717, 1.165) is 31.1 Å². The largest absolute Gasteiger partial charge is 0.314 e. The van der Waals surface area contributed by atoms with Crippen molar-refractivity contribution in [1.82, 2.24) is 10.2 Å². The highest BCUT2D eigenvalue weighted by atomic mass is 35.5. The van der Waals surface area contributed by atoms with E-state index in [1.165, 1.54) is 5.56 Å². The number of halogens is 1. The third-order valence-electron chi connectivity index (χ3n) is 3.03. The summed E-state index contributed by atoms with van der Waals surface area (Å²) < 4.78 is 0. The van der Waals surface area contributed by atoms with Crippen LogP contribution in [0.15, 0.2) is 24.3 Å². The zero-order valence-electron chi connectivity index (χ0n) is 9.04. The lowest BCUT2D eigenvalue weighted by atomic mass is 10.0. The number of likely N-dealkylation sites (N-methyl/N-ethyl adjacent to an activating group) is 1. The fraction of sp³-hybridized carbons (Fsp3) is 0.500. The van der Waals surface area contributed by atoms with Gasteiger partial charge in [-0.05, 0) is 31.2 Å². The Bertz CT molecular complexity index is 310. The fourth-order valence-corrected chi connectivity index (χ4v) is 2.11. The summed E-state index contributed by atoms with van der Waals surface area (Å²) in [7, 11) is 2.20. The number of rotatable bonds is 2. The van der Waals surface area contributed by atoms with Gasteiger partial charge < -0.3 is 10.2 Å². The molecule has 0 amide bonds. The number of hydrogen-bond acceptors (Lipinski definition) is 2. The van der Waals surface area contributed by atoms with Gasteiger partial charge in [0.15, 0.2) is 0 Å². The minimum absolute atomic E-state index is 0.611. The molecular weight excluding hydrogens is 208 g/mol. The topological polar surface area (TPSA) is 15.3 Å². The van der Waals surface area contributed by atoms with Crippen LogP contribution in [-0.2, 0) is 6.42 Å². The molecule has 1 aromatic rings. The van der Waals surface area contributed by atoms with Crippen LogP contribution in [0.5, 0.6) is 0 Å². The van der Waals surface area contributed by atoms with E-state index in [9.17, 15) is 0 Å². The molecule has 0 saturated carbocycles. The molecule has 1 fully saturated rings. The lowest BCUT2D eigenvalue weighted by molar-refractivity contribution is 0.199. The van der Waals surface area contributed by atoms with Crippen LogP contribution in [0, 0.1) is 0 Å². The van der Waals surface area contributed by atoms with Crippen molar-refractivity contribution >= 4 is 11.6 Å². The first-order chi connectivity index (χ1) is 7.25. The van der Waals surface area contributed by atoms with Crippen LogP contribution in [0.25, 0.3) is 0 Å². The highest BCUT2D eigenvalue weighted by molar-refractivity contribution is 6.30. The zero-order valence-corrected chi connectivity index (χ0v) is 9.80. The van der Waals surface area contributed by atoms with Gasteiger partial charge in [-0.2, -0.15) is 0 Å². The van der Waals surface area contributed by atoms with Gasteiger partial charge in [-0.15, -0.1) is 0 Å². The van der Waals surface area contributed by atoms with Crippen LogP contribution in [0.4, 0.5) is 0 Å². The fourth-order valence-electron chi connectivity index (χ4n) is 1.98. The molecule has 1 N–H and O–H groups in total. The van der Waals surface area contributed by atoms with Gasteiger partial charge in [0.1, 0.15) is 0 Å². The molecule has 3 heteroatoms. The molecule has 82 valence electrons. The molecule has 1 unspecified atom stereocenters. The molecule has 0 aliphatic carbocycles. The first-order valence-corrected chi connectivity index (χ1v) is 5.79. The predicted molar refractivity (Wildman–Crippen MR) is 64.4 cm³/mol. The molecule has 1 aliphatic rings. The standard InChI is InChI=1S/C12H17ClN2/c1-15-7-6-14-9-12(15)8-10-2-4-11(13)5-3-10/h2-5,12,14H,6-9H2,1H3. The van der Waals surface area contributed by atoms with Gasteiger partial charge in [0, 0.05) is 30.7 Å². The van der Waals surface area contributed by atoms with Crippen molar-refractivity contribution < 1.29 is 0 Å². The minimum atomic E-state index is 0.611. The highest BCUT2D eigenvalue weighted by Crippen LogP contribution is 2.13. The molecule has 1 saturated heterocycles. The first kappa shape index (κ1) is 10.9. The van der Waals surface area contributed by atoms with E-state index in [2.05, 4.69) is 29.4 Å². The molecule has 2 rings (SSSR count). The van der Waals surface area contributed by atoms with Gasteiger partial charge in [-0.1, -0.05) is 23.7 Å². The monoisotopic (exact) mass is 224 g/mol. The number of benzene rings is 1.